The molecule has 0 unspecified atom stereocenters. The highest BCUT2D eigenvalue weighted by Crippen LogP contribution is 2.28. The van der Waals surface area contributed by atoms with Crippen LogP contribution in [0.2, 0.25) is 0 Å². The Kier molecular flexibility index (Phi) is 4.45. The van der Waals surface area contributed by atoms with Gasteiger partial charge in [-0.1, -0.05) is 6.42 Å². The minimum Gasteiger partial charge on any atom is -0.358 e. The summed E-state index contributed by atoms with van der Waals surface area (Å²) in [5.41, 5.74) is 4.65. The number of aromatic amines is 1. The molecule has 1 aromatic carbocycles. The molecule has 0 fully saturated rings. The van der Waals surface area contributed by atoms with Crippen molar-refractivity contribution in [3.8, 4) is 0 Å². The van der Waals surface area contributed by atoms with E-state index in [1.165, 1.54) is 16.8 Å². The van der Waals surface area contributed by atoms with Gasteiger partial charge in [0, 0.05) is 47.7 Å². The highest BCUT2D eigenvalue weighted by Gasteiger charge is 2.25. The van der Waals surface area contributed by atoms with Gasteiger partial charge in [-0.15, -0.1) is 0 Å². The molecule has 0 spiro atoms. The van der Waals surface area contributed by atoms with Gasteiger partial charge in [-0.2, -0.15) is 5.10 Å². The van der Waals surface area contributed by atoms with Crippen molar-refractivity contribution >= 4 is 16.8 Å². The maximum atomic E-state index is 13.7. The van der Waals surface area contributed by atoms with E-state index in [2.05, 4.69) is 10.1 Å². The number of halogens is 1. The molecule has 0 saturated heterocycles. The van der Waals surface area contributed by atoms with E-state index in [0.29, 0.717) is 19.5 Å². The first-order chi connectivity index (χ1) is 14.1. The lowest BCUT2D eigenvalue weighted by Gasteiger charge is -2.27. The molecule has 5 rings (SSSR count). The molecule has 1 amide bonds. The van der Waals surface area contributed by atoms with E-state index in [9.17, 15) is 14.0 Å². The van der Waals surface area contributed by atoms with E-state index in [1.807, 2.05) is 0 Å². The number of nitrogens with zero attached hydrogens (tertiary/aromatic N) is 3. The second-order valence-electron chi connectivity index (χ2n) is 8.01. The van der Waals surface area contributed by atoms with E-state index in [4.69, 9.17) is 0 Å². The van der Waals surface area contributed by atoms with Gasteiger partial charge in [0.1, 0.15) is 12.4 Å². The zero-order valence-electron chi connectivity index (χ0n) is 16.2. The SMILES string of the molecule is O=C(Cn1nc2c(cc1=O)CCCCC2)N1CCc2[nH]c3ccc(F)cc3c2C1. The minimum absolute atomic E-state index is 0.0574. The largest absolute Gasteiger partial charge is 0.358 e. The fourth-order valence-corrected chi connectivity index (χ4v) is 4.52. The van der Waals surface area contributed by atoms with E-state index >= 15 is 0 Å². The molecule has 0 bridgehead atoms. The Hall–Kier alpha value is -2.96. The molecule has 2 aromatic heterocycles. The van der Waals surface area contributed by atoms with Crippen molar-refractivity contribution in [3.63, 3.8) is 0 Å². The van der Waals surface area contributed by atoms with Crippen molar-refractivity contribution in [3.05, 3.63) is 63.0 Å². The smallest absolute Gasteiger partial charge is 0.267 e. The number of rotatable bonds is 2. The van der Waals surface area contributed by atoms with Crippen LogP contribution in [0, 0.1) is 5.82 Å². The van der Waals surface area contributed by atoms with Crippen molar-refractivity contribution in [1.29, 1.82) is 0 Å². The van der Waals surface area contributed by atoms with Crippen LogP contribution in [0.25, 0.3) is 10.9 Å². The van der Waals surface area contributed by atoms with Gasteiger partial charge >= 0.3 is 0 Å². The van der Waals surface area contributed by atoms with Crippen LogP contribution in [0.1, 0.15) is 41.8 Å². The summed E-state index contributed by atoms with van der Waals surface area (Å²) in [5.74, 6) is -0.423. The second-order valence-corrected chi connectivity index (χ2v) is 8.01. The van der Waals surface area contributed by atoms with Crippen LogP contribution in [-0.2, 0) is 37.1 Å². The summed E-state index contributed by atoms with van der Waals surface area (Å²) < 4.78 is 15.0. The Balaban J connectivity index is 1.38. The van der Waals surface area contributed by atoms with Crippen LogP contribution < -0.4 is 5.56 Å². The summed E-state index contributed by atoms with van der Waals surface area (Å²) in [4.78, 5) is 30.5. The van der Waals surface area contributed by atoms with Gasteiger partial charge in [-0.05, 0) is 49.4 Å². The molecule has 1 aliphatic heterocycles. The van der Waals surface area contributed by atoms with Crippen molar-refractivity contribution in [2.75, 3.05) is 6.54 Å². The molecule has 29 heavy (non-hydrogen) atoms. The highest BCUT2D eigenvalue weighted by molar-refractivity contribution is 5.86. The Morgan fingerprint density at radius 1 is 1.14 bits per heavy atom. The predicted octanol–water partition coefficient (Wildman–Crippen LogP) is 2.72. The average molecular weight is 394 g/mol. The van der Waals surface area contributed by atoms with E-state index < -0.39 is 0 Å². The number of carbonyl (C=O) groups excluding carboxylic acids is 1. The topological polar surface area (TPSA) is 71.0 Å². The van der Waals surface area contributed by atoms with Crippen molar-refractivity contribution in [2.45, 2.75) is 51.6 Å². The van der Waals surface area contributed by atoms with E-state index in [-0.39, 0.29) is 23.8 Å². The molecule has 2 aliphatic rings. The molecule has 0 radical (unpaired) electrons. The third-order valence-electron chi connectivity index (χ3n) is 6.10. The second kappa shape index (κ2) is 7.13. The quantitative estimate of drug-likeness (QED) is 0.680. The van der Waals surface area contributed by atoms with Crippen molar-refractivity contribution < 1.29 is 9.18 Å². The molecule has 150 valence electrons. The molecule has 3 aromatic rings. The summed E-state index contributed by atoms with van der Waals surface area (Å²) in [6.07, 6.45) is 5.72. The summed E-state index contributed by atoms with van der Waals surface area (Å²) in [5, 5.41) is 5.32. The lowest BCUT2D eigenvalue weighted by Crippen LogP contribution is -2.40. The molecule has 0 saturated carbocycles. The molecular weight excluding hydrogens is 371 g/mol. The predicted molar refractivity (Wildman–Crippen MR) is 107 cm³/mol. The Bertz CT molecular complexity index is 1160. The zero-order valence-corrected chi connectivity index (χ0v) is 16.2. The maximum absolute atomic E-state index is 13.7. The van der Waals surface area contributed by atoms with Crippen molar-refractivity contribution in [1.82, 2.24) is 19.7 Å². The maximum Gasteiger partial charge on any atom is 0.267 e. The summed E-state index contributed by atoms with van der Waals surface area (Å²) in [6.45, 7) is 0.927. The van der Waals surface area contributed by atoms with Gasteiger partial charge in [-0.25, -0.2) is 9.07 Å². The minimum atomic E-state index is -0.288. The molecule has 0 atom stereocenters. The lowest BCUT2D eigenvalue weighted by atomic mass is 10.0. The molecule has 6 nitrogen and oxygen atoms in total. The average Bonchev–Trinajstić information content (AvgIpc) is 2.91. The van der Waals surface area contributed by atoms with Gasteiger partial charge in [0.05, 0.1) is 5.69 Å². The first kappa shape index (κ1) is 18.1. The molecule has 7 heteroatoms. The van der Waals surface area contributed by atoms with Gasteiger partial charge in [0.2, 0.25) is 5.91 Å². The first-order valence-electron chi connectivity index (χ1n) is 10.2. The molecule has 1 N–H and O–H groups in total. The number of hydrogen-bond donors (Lipinski definition) is 1. The zero-order chi connectivity index (χ0) is 20.0. The lowest BCUT2D eigenvalue weighted by molar-refractivity contribution is -0.133. The number of H-pyrrole nitrogens is 1. The third-order valence-corrected chi connectivity index (χ3v) is 6.10. The summed E-state index contributed by atoms with van der Waals surface area (Å²) >= 11 is 0. The fourth-order valence-electron chi connectivity index (χ4n) is 4.52. The van der Waals surface area contributed by atoms with Gasteiger partial charge in [0.25, 0.3) is 5.56 Å². The van der Waals surface area contributed by atoms with Gasteiger partial charge in [0.15, 0.2) is 0 Å². The van der Waals surface area contributed by atoms with Crippen LogP contribution in [-0.4, -0.2) is 32.1 Å². The number of amides is 1. The monoisotopic (exact) mass is 394 g/mol. The van der Waals surface area contributed by atoms with Crippen LogP contribution in [0.15, 0.2) is 29.1 Å². The summed E-state index contributed by atoms with van der Waals surface area (Å²) in [6, 6.07) is 6.33. The molecule has 1 aliphatic carbocycles. The van der Waals surface area contributed by atoms with Crippen molar-refractivity contribution in [2.24, 2.45) is 0 Å². The normalized spacial score (nSPS) is 16.4. The highest BCUT2D eigenvalue weighted by atomic mass is 19.1. The molecule has 3 heterocycles. The number of carbonyl (C=O) groups is 1. The number of aromatic nitrogens is 3. The standard InChI is InChI=1S/C22H23FN4O2/c23-15-6-7-19-16(11-15)17-12-26(9-8-20(17)24-19)22(29)13-27-21(28)10-14-4-2-1-3-5-18(14)25-27/h6-7,10-11,24H,1-5,8-9,12-13H2. The van der Waals surface area contributed by atoms with E-state index in [0.717, 1.165) is 65.5 Å². The third kappa shape index (κ3) is 3.34. The number of hydrogen-bond acceptors (Lipinski definition) is 3. The summed E-state index contributed by atoms with van der Waals surface area (Å²) in [7, 11) is 0. The number of aryl methyl sites for hydroxylation is 2. The van der Waals surface area contributed by atoms with Crippen LogP contribution in [0.4, 0.5) is 4.39 Å². The Morgan fingerprint density at radius 2 is 2.00 bits per heavy atom. The van der Waals surface area contributed by atoms with Crippen LogP contribution in [0.5, 0.6) is 0 Å². The van der Waals surface area contributed by atoms with Gasteiger partial charge < -0.3 is 9.88 Å². The Morgan fingerprint density at radius 3 is 2.90 bits per heavy atom. The number of benzene rings is 1. The van der Waals surface area contributed by atoms with E-state index in [1.54, 1.807) is 17.0 Å². The Labute approximate surface area is 167 Å². The van der Waals surface area contributed by atoms with Crippen LogP contribution >= 0.6 is 0 Å². The number of nitrogens with one attached hydrogen (secondary N) is 1. The van der Waals surface area contributed by atoms with Gasteiger partial charge in [-0.3, -0.25) is 9.59 Å². The molecular formula is C22H23FN4O2. The number of fused-ring (bicyclic) bond motifs is 4. The fraction of sp³-hybridized carbons (Fsp3) is 0.409. The first-order valence-corrected chi connectivity index (χ1v) is 10.2. The van der Waals surface area contributed by atoms with Crippen LogP contribution in [0.3, 0.4) is 0 Å².